The van der Waals surface area contributed by atoms with E-state index in [-0.39, 0.29) is 5.56 Å². The molecule has 0 saturated carbocycles. The van der Waals surface area contributed by atoms with Gasteiger partial charge in [-0.15, -0.1) is 0 Å². The zero-order valence-electron chi connectivity index (χ0n) is 7.78. The van der Waals surface area contributed by atoms with Gasteiger partial charge in [-0.05, 0) is 17.7 Å². The van der Waals surface area contributed by atoms with E-state index < -0.39 is 17.7 Å². The molecule has 0 aliphatic carbocycles. The normalized spacial score (nSPS) is 12.6. The molecule has 0 atom stereocenters. The summed E-state index contributed by atoms with van der Waals surface area (Å²) in [5.41, 5.74) is -1.50. The highest BCUT2D eigenvalue weighted by molar-refractivity contribution is 9.10. The van der Waals surface area contributed by atoms with Gasteiger partial charge in [0.05, 0.1) is 0 Å². The summed E-state index contributed by atoms with van der Waals surface area (Å²) in [4.78, 5) is 0. The third-order valence-electron chi connectivity index (χ3n) is 1.93. The lowest BCUT2D eigenvalue weighted by Crippen LogP contribution is -2.37. The van der Waals surface area contributed by atoms with Crippen LogP contribution in [-0.4, -0.2) is 12.1 Å². The van der Waals surface area contributed by atoms with Crippen LogP contribution in [0.4, 0.5) is 22.0 Å². The zero-order valence-corrected chi connectivity index (χ0v) is 9.37. The maximum absolute atomic E-state index is 12.9. The van der Waals surface area contributed by atoms with Crippen molar-refractivity contribution in [3.8, 4) is 0 Å². The molecule has 6 heteroatoms. The van der Waals surface area contributed by atoms with Gasteiger partial charge in [0.25, 0.3) is 0 Å². The van der Waals surface area contributed by atoms with Crippen LogP contribution < -0.4 is 0 Å². The first-order chi connectivity index (χ1) is 7.16. The molecule has 0 N–H and O–H groups in total. The number of halogens is 6. The molecule has 1 aromatic carbocycles. The van der Waals surface area contributed by atoms with Crippen LogP contribution in [-0.2, 0) is 0 Å². The molecular weight excluding hydrogens is 295 g/mol. The predicted octanol–water partition coefficient (Wildman–Crippen LogP) is 4.66. The molecule has 0 spiro atoms. The van der Waals surface area contributed by atoms with Crippen molar-refractivity contribution in [1.29, 1.82) is 0 Å². The summed E-state index contributed by atoms with van der Waals surface area (Å²) in [6.07, 6.45) is -5.63. The molecule has 16 heavy (non-hydrogen) atoms. The highest BCUT2D eigenvalue weighted by atomic mass is 79.9. The van der Waals surface area contributed by atoms with Crippen LogP contribution in [0.2, 0.25) is 0 Å². The van der Waals surface area contributed by atoms with Gasteiger partial charge in [0, 0.05) is 10.0 Å². The standard InChI is InChI=1S/C10H6BrF5/c1-6(9(12,13)10(14,15)16)7-2-4-8(11)5-3-7/h2-5H,1H2. The second-order valence-electron chi connectivity index (χ2n) is 3.06. The lowest BCUT2D eigenvalue weighted by molar-refractivity contribution is -0.253. The van der Waals surface area contributed by atoms with Crippen molar-refractivity contribution >= 4 is 21.5 Å². The number of allylic oxidation sites excluding steroid dienone is 1. The summed E-state index contributed by atoms with van der Waals surface area (Å²) in [5, 5.41) is 0. The van der Waals surface area contributed by atoms with Crippen LogP contribution in [0.15, 0.2) is 35.3 Å². The van der Waals surface area contributed by atoms with Gasteiger partial charge in [-0.1, -0.05) is 34.6 Å². The second kappa shape index (κ2) is 4.16. The fourth-order valence-electron chi connectivity index (χ4n) is 1.00. The quantitative estimate of drug-likeness (QED) is 0.697. The molecule has 88 valence electrons. The smallest absolute Gasteiger partial charge is 0.191 e. The van der Waals surface area contributed by atoms with Gasteiger partial charge in [0.15, 0.2) is 0 Å². The summed E-state index contributed by atoms with van der Waals surface area (Å²) in [6, 6.07) is 5.03. The Hall–Kier alpha value is -0.910. The number of hydrogen-bond acceptors (Lipinski definition) is 0. The summed E-state index contributed by atoms with van der Waals surface area (Å²) in [6.45, 7) is 2.81. The van der Waals surface area contributed by atoms with Crippen molar-refractivity contribution in [1.82, 2.24) is 0 Å². The highest BCUT2D eigenvalue weighted by Crippen LogP contribution is 2.44. The van der Waals surface area contributed by atoms with Crippen molar-refractivity contribution in [3.63, 3.8) is 0 Å². The third kappa shape index (κ3) is 2.42. The lowest BCUT2D eigenvalue weighted by Gasteiger charge is -2.21. The fourth-order valence-corrected chi connectivity index (χ4v) is 1.27. The number of benzene rings is 1. The Bertz CT molecular complexity index is 391. The van der Waals surface area contributed by atoms with E-state index in [0.717, 1.165) is 12.1 Å². The van der Waals surface area contributed by atoms with E-state index in [2.05, 4.69) is 22.5 Å². The molecule has 0 radical (unpaired) electrons. The zero-order chi connectivity index (χ0) is 12.6. The number of alkyl halides is 5. The maximum Gasteiger partial charge on any atom is 0.458 e. The minimum absolute atomic E-state index is 0.245. The van der Waals surface area contributed by atoms with Gasteiger partial charge >= 0.3 is 12.1 Å². The van der Waals surface area contributed by atoms with Crippen molar-refractivity contribution in [2.24, 2.45) is 0 Å². The van der Waals surface area contributed by atoms with Crippen molar-refractivity contribution in [2.75, 3.05) is 0 Å². The van der Waals surface area contributed by atoms with Gasteiger partial charge in [-0.3, -0.25) is 0 Å². The lowest BCUT2D eigenvalue weighted by atomic mass is 10.0. The molecule has 1 rings (SSSR count). The van der Waals surface area contributed by atoms with Gasteiger partial charge < -0.3 is 0 Å². The van der Waals surface area contributed by atoms with E-state index in [4.69, 9.17) is 0 Å². The topological polar surface area (TPSA) is 0 Å². The molecule has 0 amide bonds. The Morgan fingerprint density at radius 3 is 1.81 bits per heavy atom. The van der Waals surface area contributed by atoms with Crippen LogP contribution >= 0.6 is 15.9 Å². The summed E-state index contributed by atoms with van der Waals surface area (Å²) >= 11 is 3.05. The minimum atomic E-state index is -5.63. The molecular formula is C10H6BrF5. The molecule has 0 nitrogen and oxygen atoms in total. The first-order valence-corrected chi connectivity index (χ1v) is 4.85. The Kier molecular flexibility index (Phi) is 3.42. The van der Waals surface area contributed by atoms with Crippen LogP contribution in [0, 0.1) is 0 Å². The van der Waals surface area contributed by atoms with Crippen LogP contribution in [0.25, 0.3) is 5.57 Å². The fraction of sp³-hybridized carbons (Fsp3) is 0.200. The summed E-state index contributed by atoms with van der Waals surface area (Å²) in [7, 11) is 0. The van der Waals surface area contributed by atoms with Crippen molar-refractivity contribution < 1.29 is 22.0 Å². The summed E-state index contributed by atoms with van der Waals surface area (Å²) < 4.78 is 62.4. The monoisotopic (exact) mass is 300 g/mol. The van der Waals surface area contributed by atoms with Crippen molar-refractivity contribution in [2.45, 2.75) is 12.1 Å². The summed E-state index contributed by atoms with van der Waals surface area (Å²) in [5.74, 6) is -4.92. The van der Waals surface area contributed by atoms with E-state index in [0.29, 0.717) is 4.47 Å². The molecule has 0 aliphatic rings. The second-order valence-corrected chi connectivity index (χ2v) is 3.97. The third-order valence-corrected chi connectivity index (χ3v) is 2.46. The number of rotatable bonds is 2. The molecule has 0 heterocycles. The largest absolute Gasteiger partial charge is 0.458 e. The SMILES string of the molecule is C=C(c1ccc(Br)cc1)C(F)(F)C(F)(F)F. The highest BCUT2D eigenvalue weighted by Gasteiger charge is 2.59. The molecule has 0 unspecified atom stereocenters. The van der Waals surface area contributed by atoms with Gasteiger partial charge in [0.1, 0.15) is 0 Å². The first kappa shape index (κ1) is 13.2. The van der Waals surface area contributed by atoms with Crippen molar-refractivity contribution in [3.05, 3.63) is 40.9 Å². The van der Waals surface area contributed by atoms with Gasteiger partial charge in [0.2, 0.25) is 0 Å². The Morgan fingerprint density at radius 2 is 1.44 bits per heavy atom. The van der Waals surface area contributed by atoms with E-state index >= 15 is 0 Å². The molecule has 0 aromatic heterocycles. The molecule has 1 aromatic rings. The van der Waals surface area contributed by atoms with Crippen LogP contribution in [0.3, 0.4) is 0 Å². The predicted molar refractivity (Wildman–Crippen MR) is 54.2 cm³/mol. The van der Waals surface area contributed by atoms with Crippen LogP contribution in [0.1, 0.15) is 5.56 Å². The Labute approximate surface area is 96.9 Å². The number of hydrogen-bond donors (Lipinski definition) is 0. The van der Waals surface area contributed by atoms with E-state index in [1.807, 2.05) is 0 Å². The average molecular weight is 301 g/mol. The van der Waals surface area contributed by atoms with E-state index in [9.17, 15) is 22.0 Å². The van der Waals surface area contributed by atoms with Gasteiger partial charge in [-0.25, -0.2) is 0 Å². The molecule has 0 aliphatic heterocycles. The Balaban J connectivity index is 3.07. The average Bonchev–Trinajstić information content (AvgIpc) is 2.16. The molecule has 0 fully saturated rings. The van der Waals surface area contributed by atoms with E-state index in [1.165, 1.54) is 12.1 Å². The minimum Gasteiger partial charge on any atom is -0.191 e. The molecule has 0 bridgehead atoms. The van der Waals surface area contributed by atoms with Crippen LogP contribution in [0.5, 0.6) is 0 Å². The Morgan fingerprint density at radius 1 is 1.00 bits per heavy atom. The first-order valence-electron chi connectivity index (χ1n) is 4.06. The van der Waals surface area contributed by atoms with E-state index in [1.54, 1.807) is 0 Å². The maximum atomic E-state index is 12.9. The van der Waals surface area contributed by atoms with Gasteiger partial charge in [-0.2, -0.15) is 22.0 Å². The molecule has 0 saturated heterocycles.